The molecule has 3 saturated carbocycles. The van der Waals surface area contributed by atoms with E-state index in [1.807, 2.05) is 12.1 Å². The zero-order valence-corrected chi connectivity index (χ0v) is 13.2. The first-order chi connectivity index (χ1) is 10.8. The molecule has 7 heteroatoms. The van der Waals surface area contributed by atoms with Crippen molar-refractivity contribution in [2.75, 3.05) is 0 Å². The third kappa shape index (κ3) is 2.95. The Bertz CT molecular complexity index is 709. The van der Waals surface area contributed by atoms with Gasteiger partial charge >= 0.3 is 15.6 Å². The van der Waals surface area contributed by atoms with Crippen LogP contribution in [-0.4, -0.2) is 13.9 Å². The Morgan fingerprint density at radius 1 is 0.870 bits per heavy atom. The molecule has 0 N–H and O–H groups in total. The molecule has 3 nitrogen and oxygen atoms in total. The van der Waals surface area contributed by atoms with E-state index in [0.717, 1.165) is 44.1 Å². The van der Waals surface area contributed by atoms with E-state index in [-0.39, 0.29) is 17.6 Å². The maximum Gasteiger partial charge on any atom is 0.534 e. The van der Waals surface area contributed by atoms with E-state index in [4.69, 9.17) is 0 Å². The summed E-state index contributed by atoms with van der Waals surface area (Å²) < 4.78 is 65.8. The predicted molar refractivity (Wildman–Crippen MR) is 78.0 cm³/mol. The van der Waals surface area contributed by atoms with Gasteiger partial charge in [-0.25, -0.2) is 0 Å². The lowest BCUT2D eigenvalue weighted by Crippen LogP contribution is -2.28. The molecule has 3 aliphatic carbocycles. The van der Waals surface area contributed by atoms with Gasteiger partial charge in [-0.2, -0.15) is 21.6 Å². The third-order valence-corrected chi connectivity index (χ3v) is 5.68. The number of rotatable bonds is 5. The molecule has 23 heavy (non-hydrogen) atoms. The highest BCUT2D eigenvalue weighted by Gasteiger charge is 2.50. The molecule has 0 radical (unpaired) electrons. The lowest BCUT2D eigenvalue weighted by atomic mass is 9.96. The fraction of sp³-hybridized carbons (Fsp3) is 0.625. The average molecular weight is 346 g/mol. The van der Waals surface area contributed by atoms with Crippen molar-refractivity contribution in [2.45, 2.75) is 61.8 Å². The van der Waals surface area contributed by atoms with Crippen LogP contribution in [0.25, 0.3) is 0 Å². The highest BCUT2D eigenvalue weighted by Crippen LogP contribution is 2.54. The molecule has 0 bridgehead atoms. The molecule has 0 amide bonds. The molecule has 0 spiro atoms. The van der Waals surface area contributed by atoms with Gasteiger partial charge in [0.1, 0.15) is 5.75 Å². The van der Waals surface area contributed by atoms with Crippen molar-refractivity contribution in [3.05, 3.63) is 28.8 Å². The highest BCUT2D eigenvalue weighted by atomic mass is 32.2. The van der Waals surface area contributed by atoms with Crippen molar-refractivity contribution >= 4 is 10.1 Å². The summed E-state index contributed by atoms with van der Waals surface area (Å²) in [6.45, 7) is 0. The molecule has 1 aromatic carbocycles. The Balaban J connectivity index is 1.80. The fourth-order valence-corrected chi connectivity index (χ4v) is 3.51. The Morgan fingerprint density at radius 2 is 1.30 bits per heavy atom. The minimum absolute atomic E-state index is 0.0447. The Kier molecular flexibility index (Phi) is 3.25. The second kappa shape index (κ2) is 4.88. The van der Waals surface area contributed by atoms with Crippen LogP contribution in [0.2, 0.25) is 0 Å². The quantitative estimate of drug-likeness (QED) is 0.580. The minimum Gasteiger partial charge on any atom is -0.375 e. The second-order valence-corrected chi connectivity index (χ2v) is 8.37. The molecule has 4 rings (SSSR count). The normalized spacial score (nSPS) is 22.2. The fourth-order valence-electron chi connectivity index (χ4n) is 3.00. The van der Waals surface area contributed by atoms with E-state index in [1.54, 1.807) is 0 Å². The predicted octanol–water partition coefficient (Wildman–Crippen LogP) is 4.55. The Morgan fingerprint density at radius 3 is 1.65 bits per heavy atom. The first kappa shape index (κ1) is 15.3. The van der Waals surface area contributed by atoms with Gasteiger partial charge in [-0.1, -0.05) is 12.1 Å². The van der Waals surface area contributed by atoms with Crippen LogP contribution in [0.15, 0.2) is 12.1 Å². The molecule has 0 saturated heterocycles. The van der Waals surface area contributed by atoms with Gasteiger partial charge in [0, 0.05) is 0 Å². The molecule has 1 aromatic rings. The molecule has 0 aromatic heterocycles. The van der Waals surface area contributed by atoms with Gasteiger partial charge in [-0.05, 0) is 73.0 Å². The van der Waals surface area contributed by atoms with Crippen LogP contribution in [0.3, 0.4) is 0 Å². The van der Waals surface area contributed by atoms with Crippen molar-refractivity contribution in [1.82, 2.24) is 0 Å². The minimum atomic E-state index is -5.62. The van der Waals surface area contributed by atoms with Gasteiger partial charge < -0.3 is 4.18 Å². The van der Waals surface area contributed by atoms with Crippen LogP contribution >= 0.6 is 0 Å². The van der Waals surface area contributed by atoms with Gasteiger partial charge in [0.05, 0.1) is 0 Å². The van der Waals surface area contributed by atoms with Crippen molar-refractivity contribution in [1.29, 1.82) is 0 Å². The Labute approximate surface area is 133 Å². The number of hydrogen-bond acceptors (Lipinski definition) is 3. The Hall–Kier alpha value is -1.24. The maximum absolute atomic E-state index is 12.7. The van der Waals surface area contributed by atoms with E-state index in [0.29, 0.717) is 17.0 Å². The van der Waals surface area contributed by atoms with Crippen LogP contribution in [0.1, 0.15) is 73.0 Å². The van der Waals surface area contributed by atoms with Crippen molar-refractivity contribution < 1.29 is 25.8 Å². The topological polar surface area (TPSA) is 43.4 Å². The first-order valence-electron chi connectivity index (χ1n) is 7.95. The molecule has 0 aliphatic heterocycles. The second-order valence-electron chi connectivity index (χ2n) is 6.83. The van der Waals surface area contributed by atoms with Gasteiger partial charge in [0.25, 0.3) is 0 Å². The molecule has 126 valence electrons. The van der Waals surface area contributed by atoms with Gasteiger partial charge in [0.2, 0.25) is 0 Å². The lowest BCUT2D eigenvalue weighted by Gasteiger charge is -2.18. The SMILES string of the molecule is O=S(=O)(Oc1c(C2CC2)cc(C2CC2)cc1C1CC1)C(F)(F)F. The van der Waals surface area contributed by atoms with Gasteiger partial charge in [-0.15, -0.1) is 0 Å². The van der Waals surface area contributed by atoms with E-state index < -0.39 is 15.6 Å². The molecular weight excluding hydrogens is 329 g/mol. The van der Waals surface area contributed by atoms with Gasteiger partial charge in [-0.3, -0.25) is 0 Å². The molecule has 0 atom stereocenters. The van der Waals surface area contributed by atoms with Gasteiger partial charge in [0.15, 0.2) is 0 Å². The summed E-state index contributed by atoms with van der Waals surface area (Å²) in [5.41, 5.74) is -2.96. The molecular formula is C16H17F3O3S. The summed E-state index contributed by atoms with van der Waals surface area (Å²) in [5.74, 6) is 0.685. The number of benzene rings is 1. The molecule has 3 fully saturated rings. The van der Waals surface area contributed by atoms with E-state index in [2.05, 4.69) is 4.18 Å². The maximum atomic E-state index is 12.7. The lowest BCUT2D eigenvalue weighted by molar-refractivity contribution is -0.0500. The number of halogens is 3. The smallest absolute Gasteiger partial charge is 0.375 e. The zero-order chi connectivity index (χ0) is 16.4. The zero-order valence-electron chi connectivity index (χ0n) is 12.4. The molecule has 0 unspecified atom stereocenters. The van der Waals surface area contributed by atoms with Crippen molar-refractivity contribution in [2.24, 2.45) is 0 Å². The van der Waals surface area contributed by atoms with Crippen LogP contribution < -0.4 is 4.18 Å². The van der Waals surface area contributed by atoms with Crippen LogP contribution in [-0.2, 0) is 10.1 Å². The summed E-state index contributed by atoms with van der Waals surface area (Å²) in [6, 6.07) is 3.75. The number of hydrogen-bond donors (Lipinski definition) is 0. The standard InChI is InChI=1S/C16H17F3O3S/c17-16(18,19)23(20,21)22-15-13(10-3-4-10)7-12(9-1-2-9)8-14(15)11-5-6-11/h7-11H,1-6H2. The van der Waals surface area contributed by atoms with E-state index in [9.17, 15) is 21.6 Å². The van der Waals surface area contributed by atoms with Crippen molar-refractivity contribution in [3.63, 3.8) is 0 Å². The average Bonchev–Trinajstić information content (AvgIpc) is 3.33. The summed E-state index contributed by atoms with van der Waals surface area (Å²) in [7, 11) is -5.62. The van der Waals surface area contributed by atoms with Crippen molar-refractivity contribution in [3.8, 4) is 5.75 Å². The van der Waals surface area contributed by atoms with E-state index in [1.165, 1.54) is 0 Å². The van der Waals surface area contributed by atoms with Crippen LogP contribution in [0.5, 0.6) is 5.75 Å². The summed E-state index contributed by atoms with van der Waals surface area (Å²) in [4.78, 5) is 0. The molecule has 3 aliphatic rings. The summed E-state index contributed by atoms with van der Waals surface area (Å²) in [6.07, 6.45) is 5.69. The summed E-state index contributed by atoms with van der Waals surface area (Å²) in [5, 5.41) is 0. The van der Waals surface area contributed by atoms with Crippen LogP contribution in [0.4, 0.5) is 13.2 Å². The third-order valence-electron chi connectivity index (χ3n) is 4.73. The largest absolute Gasteiger partial charge is 0.534 e. The highest BCUT2D eigenvalue weighted by molar-refractivity contribution is 7.88. The first-order valence-corrected chi connectivity index (χ1v) is 9.35. The summed E-state index contributed by atoms with van der Waals surface area (Å²) >= 11 is 0. The molecule has 0 heterocycles. The van der Waals surface area contributed by atoms with Crippen LogP contribution in [0, 0.1) is 0 Å². The number of alkyl halides is 3. The monoisotopic (exact) mass is 346 g/mol. The van der Waals surface area contributed by atoms with E-state index >= 15 is 0 Å².